The summed E-state index contributed by atoms with van der Waals surface area (Å²) < 4.78 is 29.5. The summed E-state index contributed by atoms with van der Waals surface area (Å²) in [5.74, 6) is -0.608. The Labute approximate surface area is 223 Å². The Kier molecular flexibility index (Phi) is 7.34. The number of rotatable bonds is 6. The summed E-state index contributed by atoms with van der Waals surface area (Å²) in [5, 5.41) is 0.700. The number of aromatic nitrogens is 1. The summed E-state index contributed by atoms with van der Waals surface area (Å²) in [6.07, 6.45) is 4.06. The predicted octanol–water partition coefficient (Wildman–Crippen LogP) is 4.55. The Morgan fingerprint density at radius 3 is 2.53 bits per heavy atom. The highest BCUT2D eigenvalue weighted by atomic mass is 32.2. The van der Waals surface area contributed by atoms with Gasteiger partial charge in [0.15, 0.2) is 16.4 Å². The maximum atomic E-state index is 13.6. The summed E-state index contributed by atoms with van der Waals surface area (Å²) in [6.45, 7) is 3.88. The first-order valence-corrected chi connectivity index (χ1v) is 14.9. The molecule has 38 heavy (non-hydrogen) atoms. The number of ether oxygens (including phenoxy) is 1. The molecule has 2 aromatic carbocycles. The van der Waals surface area contributed by atoms with E-state index in [2.05, 4.69) is 13.0 Å². The van der Waals surface area contributed by atoms with Crippen molar-refractivity contribution in [3.8, 4) is 0 Å². The molecule has 1 fully saturated rings. The number of amides is 1. The fourth-order valence-electron chi connectivity index (χ4n) is 5.66. The van der Waals surface area contributed by atoms with Crippen LogP contribution in [0, 0.1) is 5.92 Å². The summed E-state index contributed by atoms with van der Waals surface area (Å²) in [6, 6.07) is 17.2. The van der Waals surface area contributed by atoms with Gasteiger partial charge in [0.2, 0.25) is 0 Å². The summed E-state index contributed by atoms with van der Waals surface area (Å²) >= 11 is 0. The van der Waals surface area contributed by atoms with Crippen LogP contribution in [0.1, 0.15) is 53.9 Å². The van der Waals surface area contributed by atoms with Crippen molar-refractivity contribution in [3.63, 3.8) is 0 Å². The van der Waals surface area contributed by atoms with E-state index >= 15 is 0 Å². The topological polar surface area (TPSA) is 93.6 Å². The lowest BCUT2D eigenvalue weighted by Gasteiger charge is -2.28. The molecule has 8 heteroatoms. The molecule has 0 unspecified atom stereocenters. The van der Waals surface area contributed by atoms with Crippen LogP contribution in [0.2, 0.25) is 0 Å². The number of allylic oxidation sites excluding steroid dienone is 1. The number of hydrogen-bond acceptors (Lipinski definition) is 6. The van der Waals surface area contributed by atoms with Crippen LogP contribution >= 0.6 is 0 Å². The average Bonchev–Trinajstić information content (AvgIpc) is 3.26. The van der Waals surface area contributed by atoms with E-state index in [1.165, 1.54) is 4.90 Å². The van der Waals surface area contributed by atoms with E-state index in [1.54, 1.807) is 6.92 Å². The number of fused-ring (bicyclic) bond motifs is 2. The molecule has 2 heterocycles. The number of carbonyl (C=O) groups is 2. The third-order valence-electron chi connectivity index (χ3n) is 7.40. The molecule has 1 aliphatic carbocycles. The molecule has 0 spiro atoms. The first-order valence-electron chi connectivity index (χ1n) is 13.1. The standard InChI is InChI=1S/C30H32N2O5S/c1-3-32(23-13-14-38(35,36)19-23)27(33)18-37-30(34)28-24-11-7-8-12-26(24)31-29-22(15-20(2)16-25(28)29)17-21-9-5-4-6-10-21/h4-12,17,20,23H,3,13-16,18-19H2,1-2H3/b22-17-/t20-,23+/m1/s1. The Bertz CT molecular complexity index is 1510. The minimum absolute atomic E-state index is 0.0442. The van der Waals surface area contributed by atoms with Crippen molar-refractivity contribution in [3.05, 3.63) is 77.0 Å². The third-order valence-corrected chi connectivity index (χ3v) is 9.15. The maximum absolute atomic E-state index is 13.6. The van der Waals surface area contributed by atoms with E-state index in [-0.39, 0.29) is 23.5 Å². The monoisotopic (exact) mass is 532 g/mol. The second-order valence-electron chi connectivity index (χ2n) is 10.2. The molecule has 1 aliphatic heterocycles. The van der Waals surface area contributed by atoms with Crippen LogP contribution < -0.4 is 0 Å². The number of carbonyl (C=O) groups excluding carboxylic acids is 2. The predicted molar refractivity (Wildman–Crippen MR) is 148 cm³/mol. The van der Waals surface area contributed by atoms with Crippen molar-refractivity contribution in [1.82, 2.24) is 9.88 Å². The van der Waals surface area contributed by atoms with Gasteiger partial charge in [-0.3, -0.25) is 4.79 Å². The molecule has 7 nitrogen and oxygen atoms in total. The van der Waals surface area contributed by atoms with E-state index in [0.717, 1.165) is 28.8 Å². The molecule has 3 aromatic rings. The van der Waals surface area contributed by atoms with Crippen LogP contribution in [0.25, 0.3) is 22.6 Å². The van der Waals surface area contributed by atoms with E-state index in [9.17, 15) is 18.0 Å². The first kappa shape index (κ1) is 26.1. The van der Waals surface area contributed by atoms with Crippen molar-refractivity contribution >= 4 is 44.3 Å². The van der Waals surface area contributed by atoms with Crippen molar-refractivity contribution in [2.24, 2.45) is 5.92 Å². The summed E-state index contributed by atoms with van der Waals surface area (Å²) in [5.41, 5.74) is 4.94. The molecule has 2 aliphatic rings. The van der Waals surface area contributed by atoms with Gasteiger partial charge in [-0.05, 0) is 60.9 Å². The van der Waals surface area contributed by atoms with Gasteiger partial charge in [-0.2, -0.15) is 0 Å². The highest BCUT2D eigenvalue weighted by Gasteiger charge is 2.35. The number of nitrogens with zero attached hydrogens (tertiary/aromatic N) is 2. The summed E-state index contributed by atoms with van der Waals surface area (Å²) in [4.78, 5) is 33.1. The third kappa shape index (κ3) is 5.36. The van der Waals surface area contributed by atoms with Crippen LogP contribution in [0.15, 0.2) is 54.6 Å². The minimum Gasteiger partial charge on any atom is -0.452 e. The molecule has 0 radical (unpaired) electrons. The smallest absolute Gasteiger partial charge is 0.339 e. The lowest BCUT2D eigenvalue weighted by atomic mass is 9.80. The average molecular weight is 533 g/mol. The molecule has 2 atom stereocenters. The molecule has 0 N–H and O–H groups in total. The van der Waals surface area contributed by atoms with E-state index < -0.39 is 22.4 Å². The van der Waals surface area contributed by atoms with Crippen molar-refractivity contribution in [1.29, 1.82) is 0 Å². The van der Waals surface area contributed by atoms with Crippen molar-refractivity contribution < 1.29 is 22.7 Å². The van der Waals surface area contributed by atoms with Gasteiger partial charge < -0.3 is 9.64 Å². The fourth-order valence-corrected chi connectivity index (χ4v) is 7.39. The van der Waals surface area contributed by atoms with Crippen molar-refractivity contribution in [2.75, 3.05) is 24.7 Å². The quantitative estimate of drug-likeness (QED) is 0.433. The van der Waals surface area contributed by atoms with E-state index in [0.29, 0.717) is 41.8 Å². The highest BCUT2D eigenvalue weighted by molar-refractivity contribution is 7.91. The molecule has 0 saturated carbocycles. The SMILES string of the molecule is CCN(C(=O)COC(=O)c1c2c(nc3ccccc13)/C(=C\c1ccccc1)C[C@@H](C)C2)[C@H]1CCS(=O)(=O)C1. The zero-order valence-electron chi connectivity index (χ0n) is 21.7. The number of para-hydroxylation sites is 1. The number of pyridine rings is 1. The van der Waals surface area contributed by atoms with Gasteiger partial charge in [0.05, 0.1) is 28.3 Å². The second kappa shape index (κ2) is 10.7. The zero-order chi connectivity index (χ0) is 26.9. The normalized spacial score (nSPS) is 21.3. The Morgan fingerprint density at radius 2 is 1.82 bits per heavy atom. The van der Waals surface area contributed by atoms with E-state index in [1.807, 2.05) is 54.6 Å². The molecule has 1 aromatic heterocycles. The molecular weight excluding hydrogens is 500 g/mol. The van der Waals surface area contributed by atoms with E-state index in [4.69, 9.17) is 9.72 Å². The maximum Gasteiger partial charge on any atom is 0.339 e. The van der Waals surface area contributed by atoms with Crippen LogP contribution in [0.5, 0.6) is 0 Å². The lowest BCUT2D eigenvalue weighted by Crippen LogP contribution is -2.43. The number of likely N-dealkylation sites (N-methyl/N-ethyl adjacent to an activating group) is 1. The Hall–Kier alpha value is -3.52. The van der Waals surface area contributed by atoms with Gasteiger partial charge in [-0.1, -0.05) is 55.5 Å². The van der Waals surface area contributed by atoms with Crippen LogP contribution in [0.3, 0.4) is 0 Å². The summed E-state index contributed by atoms with van der Waals surface area (Å²) in [7, 11) is -3.14. The molecule has 198 valence electrons. The second-order valence-corrected chi connectivity index (χ2v) is 12.5. The van der Waals surface area contributed by atoms with Crippen molar-refractivity contribution in [2.45, 2.75) is 39.2 Å². The Balaban J connectivity index is 1.47. The molecule has 5 rings (SSSR count). The van der Waals surface area contributed by atoms with Gasteiger partial charge in [0, 0.05) is 18.0 Å². The zero-order valence-corrected chi connectivity index (χ0v) is 22.5. The largest absolute Gasteiger partial charge is 0.452 e. The number of sulfone groups is 1. The number of esters is 1. The molecule has 1 saturated heterocycles. The van der Waals surface area contributed by atoms with Gasteiger partial charge in [0.25, 0.3) is 5.91 Å². The van der Waals surface area contributed by atoms with Gasteiger partial charge >= 0.3 is 5.97 Å². The van der Waals surface area contributed by atoms with Crippen LogP contribution in [-0.2, 0) is 25.8 Å². The molecule has 1 amide bonds. The minimum atomic E-state index is -3.14. The molecule has 0 bridgehead atoms. The fraction of sp³-hybridized carbons (Fsp3) is 0.367. The molecular formula is C30H32N2O5S. The number of benzene rings is 2. The Morgan fingerprint density at radius 1 is 1.08 bits per heavy atom. The van der Waals surface area contributed by atoms with Gasteiger partial charge in [0.1, 0.15) is 0 Å². The lowest BCUT2D eigenvalue weighted by molar-refractivity contribution is -0.136. The van der Waals surface area contributed by atoms with Crippen LogP contribution in [0.4, 0.5) is 0 Å². The van der Waals surface area contributed by atoms with Gasteiger partial charge in [-0.25, -0.2) is 18.2 Å². The highest BCUT2D eigenvalue weighted by Crippen LogP contribution is 2.38. The van der Waals surface area contributed by atoms with Crippen LogP contribution in [-0.4, -0.2) is 60.9 Å². The number of hydrogen-bond donors (Lipinski definition) is 0. The van der Waals surface area contributed by atoms with Gasteiger partial charge in [-0.15, -0.1) is 0 Å². The first-order chi connectivity index (χ1) is 18.3.